The van der Waals surface area contributed by atoms with Crippen molar-refractivity contribution < 1.29 is 24.5 Å². The molecule has 0 bridgehead atoms. The number of benzene rings is 2. The summed E-state index contributed by atoms with van der Waals surface area (Å²) in [7, 11) is 1.56. The first kappa shape index (κ1) is 19.1. The summed E-state index contributed by atoms with van der Waals surface area (Å²) in [6.07, 6.45) is 1.32. The van der Waals surface area contributed by atoms with Gasteiger partial charge >= 0.3 is 0 Å². The van der Waals surface area contributed by atoms with Crippen molar-refractivity contribution in [3.05, 3.63) is 44.8 Å². The number of phenols is 2. The molecule has 2 rings (SSSR count). The molecule has 0 unspecified atom stereocenters. The molecule has 0 aliphatic carbocycles. The molecular weight excluding hydrogens is 460 g/mol. The number of aromatic hydroxyl groups is 2. The third-order valence-electron chi connectivity index (χ3n) is 2.97. The van der Waals surface area contributed by atoms with Crippen LogP contribution >= 0.6 is 31.9 Å². The molecule has 2 aromatic carbocycles. The maximum absolute atomic E-state index is 11.7. The van der Waals surface area contributed by atoms with E-state index in [0.29, 0.717) is 26.0 Å². The summed E-state index contributed by atoms with van der Waals surface area (Å²) in [6.45, 7) is -0.229. The van der Waals surface area contributed by atoms with Crippen molar-refractivity contribution >= 4 is 44.0 Å². The van der Waals surface area contributed by atoms with Crippen molar-refractivity contribution in [3.8, 4) is 23.0 Å². The standard InChI is InChI=1S/C16H14Br2N2O5/c1-24-10-2-3-14(11(17)6-10)25-8-15(22)20-19-7-9-4-12(18)16(23)13(21)5-9/h2-7,21,23H,8H2,1H3,(H,20,22)/b19-7-. The molecule has 2 aromatic rings. The van der Waals surface area contributed by atoms with Gasteiger partial charge in [-0.3, -0.25) is 4.79 Å². The van der Waals surface area contributed by atoms with Crippen molar-refractivity contribution in [2.75, 3.05) is 13.7 Å². The van der Waals surface area contributed by atoms with Gasteiger partial charge in [0.05, 0.1) is 22.3 Å². The maximum atomic E-state index is 11.7. The van der Waals surface area contributed by atoms with Gasteiger partial charge in [0.15, 0.2) is 18.1 Å². The minimum absolute atomic E-state index is 0.229. The van der Waals surface area contributed by atoms with E-state index in [9.17, 15) is 15.0 Å². The molecule has 0 aromatic heterocycles. The predicted octanol–water partition coefficient (Wildman–Crippen LogP) is 3.16. The fraction of sp³-hybridized carbons (Fsp3) is 0.125. The number of carbonyl (C=O) groups excluding carboxylic acids is 1. The first-order valence-electron chi connectivity index (χ1n) is 6.90. The normalized spacial score (nSPS) is 10.7. The summed E-state index contributed by atoms with van der Waals surface area (Å²) < 4.78 is 11.4. The van der Waals surface area contributed by atoms with Gasteiger partial charge in [-0.2, -0.15) is 5.10 Å². The summed E-state index contributed by atoms with van der Waals surface area (Å²) in [4.78, 5) is 11.7. The molecule has 25 heavy (non-hydrogen) atoms. The molecule has 0 aliphatic heterocycles. The molecule has 9 heteroatoms. The number of ether oxygens (including phenoxy) is 2. The van der Waals surface area contributed by atoms with E-state index in [-0.39, 0.29) is 18.1 Å². The zero-order valence-electron chi connectivity index (χ0n) is 13.0. The van der Waals surface area contributed by atoms with E-state index in [1.807, 2.05) is 0 Å². The fourth-order valence-corrected chi connectivity index (χ4v) is 2.70. The summed E-state index contributed by atoms with van der Waals surface area (Å²) in [5.41, 5.74) is 2.79. The van der Waals surface area contributed by atoms with Gasteiger partial charge in [0, 0.05) is 0 Å². The van der Waals surface area contributed by atoms with Crippen LogP contribution in [0.4, 0.5) is 0 Å². The second-order valence-electron chi connectivity index (χ2n) is 4.75. The number of nitrogens with zero attached hydrogens (tertiary/aromatic N) is 1. The molecule has 0 saturated heterocycles. The highest BCUT2D eigenvalue weighted by molar-refractivity contribution is 9.10. The monoisotopic (exact) mass is 472 g/mol. The molecule has 0 spiro atoms. The summed E-state index contributed by atoms with van der Waals surface area (Å²) >= 11 is 6.42. The number of rotatable bonds is 6. The van der Waals surface area contributed by atoms with Crippen LogP contribution in [0, 0.1) is 0 Å². The summed E-state index contributed by atoms with van der Waals surface area (Å²) in [5.74, 6) is 0.138. The van der Waals surface area contributed by atoms with Crippen LogP contribution in [-0.4, -0.2) is 36.1 Å². The van der Waals surface area contributed by atoms with Crippen LogP contribution in [0.3, 0.4) is 0 Å². The lowest BCUT2D eigenvalue weighted by Gasteiger charge is -2.08. The van der Waals surface area contributed by atoms with Crippen LogP contribution in [0.1, 0.15) is 5.56 Å². The average Bonchev–Trinajstić information content (AvgIpc) is 2.58. The number of hydrazone groups is 1. The van der Waals surface area contributed by atoms with Gasteiger partial charge in [-0.1, -0.05) is 0 Å². The Morgan fingerprint density at radius 1 is 1.24 bits per heavy atom. The van der Waals surface area contributed by atoms with Crippen LogP contribution < -0.4 is 14.9 Å². The Balaban J connectivity index is 1.88. The van der Waals surface area contributed by atoms with Crippen molar-refractivity contribution in [3.63, 3.8) is 0 Å². The topological polar surface area (TPSA) is 100 Å². The molecule has 0 fully saturated rings. The van der Waals surface area contributed by atoms with Crippen molar-refractivity contribution in [1.82, 2.24) is 5.43 Å². The lowest BCUT2D eigenvalue weighted by Crippen LogP contribution is -2.24. The second-order valence-corrected chi connectivity index (χ2v) is 6.46. The van der Waals surface area contributed by atoms with Gasteiger partial charge in [-0.05, 0) is 67.8 Å². The Labute approximate surface area is 160 Å². The Bertz CT molecular complexity index is 788. The molecule has 0 heterocycles. The molecule has 1 amide bonds. The van der Waals surface area contributed by atoms with Gasteiger partial charge in [0.25, 0.3) is 5.91 Å². The van der Waals surface area contributed by atoms with Crippen LogP contribution in [0.5, 0.6) is 23.0 Å². The van der Waals surface area contributed by atoms with E-state index in [0.717, 1.165) is 0 Å². The SMILES string of the molecule is COc1ccc(OCC(=O)N/N=C\c2cc(O)c(O)c(Br)c2)c(Br)c1. The zero-order valence-corrected chi connectivity index (χ0v) is 16.2. The summed E-state index contributed by atoms with van der Waals surface area (Å²) in [5, 5.41) is 22.7. The maximum Gasteiger partial charge on any atom is 0.277 e. The molecule has 0 aliphatic rings. The van der Waals surface area contributed by atoms with Gasteiger partial charge in [-0.15, -0.1) is 0 Å². The minimum Gasteiger partial charge on any atom is -0.504 e. The molecule has 0 saturated carbocycles. The number of methoxy groups -OCH3 is 1. The van der Waals surface area contributed by atoms with Crippen molar-refractivity contribution in [2.24, 2.45) is 5.10 Å². The van der Waals surface area contributed by atoms with E-state index in [1.54, 1.807) is 25.3 Å². The van der Waals surface area contributed by atoms with E-state index in [4.69, 9.17) is 9.47 Å². The number of phenolic OH excluding ortho intramolecular Hbond substituents is 2. The van der Waals surface area contributed by atoms with E-state index in [2.05, 4.69) is 42.4 Å². The van der Waals surface area contributed by atoms with Crippen LogP contribution in [0.25, 0.3) is 0 Å². The van der Waals surface area contributed by atoms with E-state index in [1.165, 1.54) is 18.3 Å². The zero-order chi connectivity index (χ0) is 18.4. The first-order valence-corrected chi connectivity index (χ1v) is 8.49. The first-order chi connectivity index (χ1) is 11.9. The Morgan fingerprint density at radius 2 is 2.00 bits per heavy atom. The Morgan fingerprint density at radius 3 is 2.64 bits per heavy atom. The number of hydrogen-bond acceptors (Lipinski definition) is 6. The third kappa shape index (κ3) is 5.36. The van der Waals surface area contributed by atoms with E-state index < -0.39 is 5.91 Å². The Kier molecular flexibility index (Phi) is 6.65. The largest absolute Gasteiger partial charge is 0.504 e. The van der Waals surface area contributed by atoms with Crippen LogP contribution in [0.15, 0.2) is 44.4 Å². The van der Waals surface area contributed by atoms with Crippen molar-refractivity contribution in [1.29, 1.82) is 0 Å². The lowest BCUT2D eigenvalue weighted by atomic mass is 10.2. The molecule has 0 atom stereocenters. The van der Waals surface area contributed by atoms with Gasteiger partial charge in [-0.25, -0.2) is 5.43 Å². The molecule has 3 N–H and O–H groups in total. The predicted molar refractivity (Wildman–Crippen MR) is 99.4 cm³/mol. The number of nitrogens with one attached hydrogen (secondary N) is 1. The van der Waals surface area contributed by atoms with Gasteiger partial charge < -0.3 is 19.7 Å². The smallest absolute Gasteiger partial charge is 0.277 e. The minimum atomic E-state index is -0.457. The molecule has 132 valence electrons. The highest BCUT2D eigenvalue weighted by Gasteiger charge is 2.07. The third-order valence-corrected chi connectivity index (χ3v) is 4.19. The average molecular weight is 474 g/mol. The van der Waals surface area contributed by atoms with Crippen LogP contribution in [-0.2, 0) is 4.79 Å². The van der Waals surface area contributed by atoms with Crippen LogP contribution in [0.2, 0.25) is 0 Å². The number of amides is 1. The summed E-state index contributed by atoms with van der Waals surface area (Å²) in [6, 6.07) is 7.96. The fourth-order valence-electron chi connectivity index (χ4n) is 1.76. The van der Waals surface area contributed by atoms with Gasteiger partial charge in [0.2, 0.25) is 0 Å². The van der Waals surface area contributed by atoms with E-state index >= 15 is 0 Å². The number of halogens is 2. The van der Waals surface area contributed by atoms with Gasteiger partial charge in [0.1, 0.15) is 11.5 Å². The number of hydrogen-bond donors (Lipinski definition) is 3. The molecule has 0 radical (unpaired) electrons. The quantitative estimate of drug-likeness (QED) is 0.340. The highest BCUT2D eigenvalue weighted by Crippen LogP contribution is 2.33. The lowest BCUT2D eigenvalue weighted by molar-refractivity contribution is -0.123. The highest BCUT2D eigenvalue weighted by atomic mass is 79.9. The van der Waals surface area contributed by atoms with Crippen molar-refractivity contribution in [2.45, 2.75) is 0 Å². The molecule has 7 nitrogen and oxygen atoms in total. The Hall–Kier alpha value is -2.26. The number of carbonyl (C=O) groups is 1. The molecular formula is C16H14Br2N2O5. The second kappa shape index (κ2) is 8.72.